The predicted octanol–water partition coefficient (Wildman–Crippen LogP) is 19.0. The van der Waals surface area contributed by atoms with E-state index >= 15 is 0 Å². The monoisotopic (exact) mass is 977 g/mol. The molecule has 6 heteroatoms. The Balaban J connectivity index is 4.64. The zero-order chi connectivity index (χ0) is 51.4. The molecular formula is C65H100O6. The number of hydrogen-bond donors (Lipinski definition) is 0. The van der Waals surface area contributed by atoms with Crippen LogP contribution in [0.3, 0.4) is 0 Å². The summed E-state index contributed by atoms with van der Waals surface area (Å²) in [6.07, 6.45) is 83.8. The van der Waals surface area contributed by atoms with Gasteiger partial charge < -0.3 is 14.2 Å². The van der Waals surface area contributed by atoms with Gasteiger partial charge in [0.2, 0.25) is 0 Å². The number of rotatable bonds is 48. The van der Waals surface area contributed by atoms with Gasteiger partial charge in [0.1, 0.15) is 13.2 Å². The topological polar surface area (TPSA) is 78.9 Å². The maximum atomic E-state index is 12.8. The smallest absolute Gasteiger partial charge is 0.306 e. The highest BCUT2D eigenvalue weighted by molar-refractivity contribution is 5.71. The van der Waals surface area contributed by atoms with Crippen molar-refractivity contribution in [2.24, 2.45) is 0 Å². The molecule has 0 aliphatic rings. The zero-order valence-electron chi connectivity index (χ0n) is 45.2. The van der Waals surface area contributed by atoms with E-state index in [0.29, 0.717) is 19.3 Å². The van der Waals surface area contributed by atoms with Crippen molar-refractivity contribution in [1.29, 1.82) is 0 Å². The Hall–Kier alpha value is -4.97. The fourth-order valence-corrected chi connectivity index (χ4v) is 6.81. The van der Waals surface area contributed by atoms with E-state index in [1.54, 1.807) is 0 Å². The van der Waals surface area contributed by atoms with E-state index in [0.717, 1.165) is 116 Å². The third-order valence-electron chi connectivity index (χ3n) is 11.0. The molecule has 1 atom stereocenters. The lowest BCUT2D eigenvalue weighted by molar-refractivity contribution is -0.166. The second kappa shape index (κ2) is 57.6. The van der Waals surface area contributed by atoms with Gasteiger partial charge in [0.15, 0.2) is 6.10 Å². The quantitative estimate of drug-likeness (QED) is 0.0262. The average Bonchev–Trinajstić information content (AvgIpc) is 3.37. The van der Waals surface area contributed by atoms with Crippen molar-refractivity contribution in [3.63, 3.8) is 0 Å². The minimum atomic E-state index is -0.850. The highest BCUT2D eigenvalue weighted by Crippen LogP contribution is 2.10. The minimum absolute atomic E-state index is 0.141. The van der Waals surface area contributed by atoms with Crippen LogP contribution in [0.15, 0.2) is 158 Å². The van der Waals surface area contributed by atoms with E-state index in [1.807, 2.05) is 12.2 Å². The van der Waals surface area contributed by atoms with Gasteiger partial charge in [-0.2, -0.15) is 0 Å². The van der Waals surface area contributed by atoms with E-state index < -0.39 is 6.10 Å². The highest BCUT2D eigenvalue weighted by atomic mass is 16.6. The largest absolute Gasteiger partial charge is 0.462 e. The number of ether oxygens (including phenoxy) is 3. The molecule has 396 valence electrons. The van der Waals surface area contributed by atoms with E-state index in [2.05, 4.69) is 167 Å². The van der Waals surface area contributed by atoms with Gasteiger partial charge in [-0.3, -0.25) is 14.4 Å². The van der Waals surface area contributed by atoms with E-state index in [4.69, 9.17) is 14.2 Å². The summed E-state index contributed by atoms with van der Waals surface area (Å²) in [4.78, 5) is 38.1. The summed E-state index contributed by atoms with van der Waals surface area (Å²) in [6.45, 7) is 6.32. The normalized spacial score (nSPS) is 13.3. The molecule has 0 bridgehead atoms. The molecule has 0 saturated carbocycles. The average molecular weight is 978 g/mol. The second-order valence-electron chi connectivity index (χ2n) is 17.7. The van der Waals surface area contributed by atoms with Crippen molar-refractivity contribution >= 4 is 17.9 Å². The summed E-state index contributed by atoms with van der Waals surface area (Å²) in [5.74, 6) is -1.11. The lowest BCUT2D eigenvalue weighted by Crippen LogP contribution is -2.30. The SMILES string of the molecule is CC/C=C\C/C=C\C/C=C\C/C=C\C/C=C\C/C=C\CCC(=O)OC[C@H](COC(=O)CCCCC/C=C\C/C=C\C/C=C\C/C=C\CCCCC)OC(=O)CCCC/C=C\C/C=C\C/C=C\CCCCC. The zero-order valence-corrected chi connectivity index (χ0v) is 45.2. The first kappa shape index (κ1) is 66.0. The molecule has 0 radical (unpaired) electrons. The summed E-state index contributed by atoms with van der Waals surface area (Å²) in [5, 5.41) is 0. The number of esters is 3. The first-order valence-electron chi connectivity index (χ1n) is 28.0. The van der Waals surface area contributed by atoms with E-state index in [-0.39, 0.29) is 44.0 Å². The van der Waals surface area contributed by atoms with Crippen LogP contribution in [0.25, 0.3) is 0 Å². The maximum absolute atomic E-state index is 12.8. The minimum Gasteiger partial charge on any atom is -0.462 e. The molecule has 0 amide bonds. The van der Waals surface area contributed by atoms with Crippen LogP contribution < -0.4 is 0 Å². The van der Waals surface area contributed by atoms with Gasteiger partial charge in [-0.15, -0.1) is 0 Å². The standard InChI is InChI=1S/C65H100O6/c1-4-7-10-13-16-19-22-25-28-30-32-34-37-39-42-45-48-51-54-57-63(66)69-60-62(71-65(68)59-56-53-50-47-44-41-36-27-24-21-18-15-12-9-6-3)61-70-64(67)58-55-52-49-46-43-40-38-35-33-31-29-26-23-20-17-14-11-8-5-2/h7,10,16-21,25-29,32-36,39-40,42-44,47-48,51,62H,4-6,8-9,11-15,22-24,30-31,37-38,41,45-46,49-50,52-61H2,1-3H3/b10-7-,19-16-,20-17-,21-18-,28-25-,29-26-,34-32-,35-33-,36-27-,42-39-,43-40-,47-44-,51-48-/t62-/m1/s1. The van der Waals surface area contributed by atoms with Gasteiger partial charge in [0.25, 0.3) is 0 Å². The van der Waals surface area contributed by atoms with Crippen LogP contribution in [0, 0.1) is 0 Å². The molecule has 0 aromatic rings. The van der Waals surface area contributed by atoms with Crippen molar-refractivity contribution in [3.05, 3.63) is 158 Å². The van der Waals surface area contributed by atoms with Gasteiger partial charge in [0, 0.05) is 19.3 Å². The lowest BCUT2D eigenvalue weighted by Gasteiger charge is -2.18. The Kier molecular flexibility index (Phi) is 53.6. The van der Waals surface area contributed by atoms with Crippen molar-refractivity contribution in [2.75, 3.05) is 13.2 Å². The van der Waals surface area contributed by atoms with Crippen molar-refractivity contribution < 1.29 is 28.6 Å². The van der Waals surface area contributed by atoms with Crippen LogP contribution in [0.5, 0.6) is 0 Å². The van der Waals surface area contributed by atoms with Crippen molar-refractivity contribution in [2.45, 2.75) is 219 Å². The molecule has 0 aromatic carbocycles. The molecule has 0 unspecified atom stereocenters. The fraction of sp³-hybridized carbons (Fsp3) is 0.554. The van der Waals surface area contributed by atoms with Crippen molar-refractivity contribution in [3.8, 4) is 0 Å². The Labute approximate surface area is 435 Å². The molecular weight excluding hydrogens is 877 g/mol. The third-order valence-corrected chi connectivity index (χ3v) is 11.0. The molecule has 6 nitrogen and oxygen atoms in total. The summed E-state index contributed by atoms with van der Waals surface area (Å²) >= 11 is 0. The van der Waals surface area contributed by atoms with E-state index in [9.17, 15) is 14.4 Å². The predicted molar refractivity (Wildman–Crippen MR) is 306 cm³/mol. The number of hydrogen-bond acceptors (Lipinski definition) is 6. The molecule has 0 aromatic heterocycles. The molecule has 0 rings (SSSR count). The molecule has 0 aliphatic carbocycles. The molecule has 0 spiro atoms. The summed E-state index contributed by atoms with van der Waals surface area (Å²) in [6, 6.07) is 0. The third kappa shape index (κ3) is 55.8. The van der Waals surface area contributed by atoms with Gasteiger partial charge >= 0.3 is 17.9 Å². The van der Waals surface area contributed by atoms with Gasteiger partial charge in [-0.25, -0.2) is 0 Å². The Bertz CT molecular complexity index is 1640. The van der Waals surface area contributed by atoms with Gasteiger partial charge in [0.05, 0.1) is 0 Å². The Morgan fingerprint density at radius 1 is 0.296 bits per heavy atom. The Morgan fingerprint density at radius 3 is 0.944 bits per heavy atom. The highest BCUT2D eigenvalue weighted by Gasteiger charge is 2.19. The number of carbonyl (C=O) groups is 3. The first-order valence-corrected chi connectivity index (χ1v) is 28.0. The number of allylic oxidation sites excluding steroid dienone is 26. The molecule has 0 aliphatic heterocycles. The van der Waals surface area contributed by atoms with Gasteiger partial charge in [-0.1, -0.05) is 211 Å². The lowest BCUT2D eigenvalue weighted by atomic mass is 10.1. The summed E-state index contributed by atoms with van der Waals surface area (Å²) < 4.78 is 16.7. The second-order valence-corrected chi connectivity index (χ2v) is 17.7. The molecule has 0 fully saturated rings. The van der Waals surface area contributed by atoms with Gasteiger partial charge in [-0.05, 0) is 141 Å². The molecule has 0 heterocycles. The summed E-state index contributed by atoms with van der Waals surface area (Å²) in [7, 11) is 0. The van der Waals surface area contributed by atoms with Crippen LogP contribution in [0.2, 0.25) is 0 Å². The Morgan fingerprint density at radius 2 is 0.577 bits per heavy atom. The van der Waals surface area contributed by atoms with E-state index in [1.165, 1.54) is 44.9 Å². The van der Waals surface area contributed by atoms with Crippen LogP contribution in [-0.4, -0.2) is 37.2 Å². The maximum Gasteiger partial charge on any atom is 0.306 e. The number of carbonyl (C=O) groups excluding carboxylic acids is 3. The molecule has 0 saturated heterocycles. The number of unbranched alkanes of at least 4 members (excludes halogenated alkanes) is 11. The summed E-state index contributed by atoms with van der Waals surface area (Å²) in [5.41, 5.74) is 0. The van der Waals surface area contributed by atoms with Crippen LogP contribution in [0.4, 0.5) is 0 Å². The van der Waals surface area contributed by atoms with Crippen LogP contribution >= 0.6 is 0 Å². The van der Waals surface area contributed by atoms with Crippen LogP contribution in [0.1, 0.15) is 213 Å². The first-order chi connectivity index (χ1) is 35.0. The van der Waals surface area contributed by atoms with Crippen molar-refractivity contribution in [1.82, 2.24) is 0 Å². The fourth-order valence-electron chi connectivity index (χ4n) is 6.81. The molecule has 71 heavy (non-hydrogen) atoms. The molecule has 0 N–H and O–H groups in total. The van der Waals surface area contributed by atoms with Crippen LogP contribution in [-0.2, 0) is 28.6 Å².